The Morgan fingerprint density at radius 2 is 2.17 bits per heavy atom. The van der Waals surface area contributed by atoms with Crippen LogP contribution < -0.4 is 5.32 Å². The van der Waals surface area contributed by atoms with E-state index in [1.165, 1.54) is 0 Å². The van der Waals surface area contributed by atoms with Gasteiger partial charge in [-0.3, -0.25) is 0 Å². The fourth-order valence-corrected chi connectivity index (χ4v) is 2.50. The summed E-state index contributed by atoms with van der Waals surface area (Å²) < 4.78 is 22.5. The van der Waals surface area contributed by atoms with Crippen molar-refractivity contribution in [3.8, 4) is 0 Å². The van der Waals surface area contributed by atoms with E-state index in [1.54, 1.807) is 14.0 Å². The van der Waals surface area contributed by atoms with Crippen molar-refractivity contribution in [3.63, 3.8) is 0 Å². The summed E-state index contributed by atoms with van der Waals surface area (Å²) in [6.07, 6.45) is 0. The highest BCUT2D eigenvalue weighted by Gasteiger charge is 2.16. The molecule has 0 aliphatic rings. The molecule has 0 radical (unpaired) electrons. The highest BCUT2D eigenvalue weighted by molar-refractivity contribution is 7.93. The molecule has 0 aromatic carbocycles. The van der Waals surface area contributed by atoms with E-state index >= 15 is 0 Å². The highest BCUT2D eigenvalue weighted by atomic mass is 32.2. The molecule has 1 rings (SSSR count). The van der Waals surface area contributed by atoms with Crippen LogP contribution in [0.25, 0.3) is 0 Å². The van der Waals surface area contributed by atoms with E-state index < -0.39 is 9.84 Å². The second-order valence-corrected chi connectivity index (χ2v) is 5.46. The van der Waals surface area contributed by atoms with Gasteiger partial charge in [0.15, 0.2) is 0 Å². The molecule has 0 saturated heterocycles. The highest BCUT2D eigenvalue weighted by Crippen LogP contribution is 2.19. The van der Waals surface area contributed by atoms with Gasteiger partial charge in [-0.25, -0.2) is 8.42 Å². The third-order valence-corrected chi connectivity index (χ3v) is 4.39. The lowest BCUT2D eigenvalue weighted by atomic mass is 11.0. The molecule has 1 heterocycles. The predicted octanol–water partition coefficient (Wildman–Crippen LogP) is 0.373. The van der Waals surface area contributed by atoms with Crippen LogP contribution >= 0.6 is 11.3 Å². The molecule has 7 heteroatoms. The number of sulfone groups is 1. The molecule has 0 amide bonds. The lowest BCUT2D eigenvalue weighted by Crippen LogP contribution is -2.02. The van der Waals surface area contributed by atoms with E-state index in [2.05, 4.69) is 15.5 Å². The maximum Gasteiger partial charge on any atom is 0.234 e. The van der Waals surface area contributed by atoms with Gasteiger partial charge in [-0.1, -0.05) is 18.3 Å². The van der Waals surface area contributed by atoms with Crippen molar-refractivity contribution >= 4 is 26.3 Å². The Hall–Kier alpha value is -0.690. The number of hydrogen-bond acceptors (Lipinski definition) is 6. The summed E-state index contributed by atoms with van der Waals surface area (Å²) in [4.78, 5) is 0. The molecule has 0 aliphatic carbocycles. The van der Waals surface area contributed by atoms with Crippen molar-refractivity contribution < 1.29 is 8.42 Å². The molecule has 0 fully saturated rings. The van der Waals surface area contributed by atoms with Gasteiger partial charge in [-0.05, 0) is 0 Å². The van der Waals surface area contributed by atoms with Gasteiger partial charge in [0.2, 0.25) is 19.3 Å². The average molecular weight is 207 g/mol. The number of rotatable bonds is 3. The Bertz CT molecular complexity index is 357. The van der Waals surface area contributed by atoms with Crippen LogP contribution in [0.1, 0.15) is 6.92 Å². The van der Waals surface area contributed by atoms with Crippen LogP contribution in [-0.4, -0.2) is 31.4 Å². The predicted molar refractivity (Wildman–Crippen MR) is 47.2 cm³/mol. The summed E-state index contributed by atoms with van der Waals surface area (Å²) >= 11 is 1.04. The second kappa shape index (κ2) is 3.36. The van der Waals surface area contributed by atoms with E-state index in [1.807, 2.05) is 0 Å². The van der Waals surface area contributed by atoms with Crippen LogP contribution in [0.2, 0.25) is 0 Å². The van der Waals surface area contributed by atoms with E-state index in [0.29, 0.717) is 5.13 Å². The zero-order valence-electron chi connectivity index (χ0n) is 6.73. The zero-order valence-corrected chi connectivity index (χ0v) is 8.37. The molecule has 1 aromatic heterocycles. The minimum absolute atomic E-state index is 0.0609. The summed E-state index contributed by atoms with van der Waals surface area (Å²) in [5.74, 6) is 0.0609. The normalized spacial score (nSPS) is 11.5. The average Bonchev–Trinajstić information content (AvgIpc) is 2.52. The van der Waals surface area contributed by atoms with Crippen molar-refractivity contribution in [2.45, 2.75) is 11.3 Å². The Kier molecular flexibility index (Phi) is 2.63. The van der Waals surface area contributed by atoms with Crippen LogP contribution in [0, 0.1) is 0 Å². The molecule has 68 valence electrons. The molecule has 0 spiro atoms. The topological polar surface area (TPSA) is 72.0 Å². The fourth-order valence-electron chi connectivity index (χ4n) is 0.560. The van der Waals surface area contributed by atoms with Gasteiger partial charge in [0.1, 0.15) is 0 Å². The van der Waals surface area contributed by atoms with E-state index in [9.17, 15) is 8.42 Å². The van der Waals surface area contributed by atoms with Gasteiger partial charge in [-0.15, -0.1) is 10.2 Å². The Balaban J connectivity index is 3.05. The van der Waals surface area contributed by atoms with Gasteiger partial charge >= 0.3 is 0 Å². The fraction of sp³-hybridized carbons (Fsp3) is 0.600. The van der Waals surface area contributed by atoms with Crippen LogP contribution in [0.15, 0.2) is 4.34 Å². The van der Waals surface area contributed by atoms with Crippen LogP contribution in [0.3, 0.4) is 0 Å². The third-order valence-electron chi connectivity index (χ3n) is 1.27. The van der Waals surface area contributed by atoms with Crippen molar-refractivity contribution in [2.24, 2.45) is 0 Å². The maximum absolute atomic E-state index is 11.2. The number of aromatic nitrogens is 2. The smallest absolute Gasteiger partial charge is 0.234 e. The first-order valence-corrected chi connectivity index (χ1v) is 5.81. The first-order valence-electron chi connectivity index (χ1n) is 3.34. The summed E-state index contributed by atoms with van der Waals surface area (Å²) in [5.41, 5.74) is 0. The first kappa shape index (κ1) is 9.40. The second-order valence-electron chi connectivity index (χ2n) is 2.03. The molecular formula is C5H9N3O2S2. The van der Waals surface area contributed by atoms with Crippen molar-refractivity contribution in [2.75, 3.05) is 18.1 Å². The molecular weight excluding hydrogens is 198 g/mol. The molecule has 0 atom stereocenters. The van der Waals surface area contributed by atoms with Crippen LogP contribution in [-0.2, 0) is 9.84 Å². The number of nitrogens with zero attached hydrogens (tertiary/aromatic N) is 2. The van der Waals surface area contributed by atoms with Crippen LogP contribution in [0.5, 0.6) is 0 Å². The standard InChI is InChI=1S/C5H9N3O2S2/c1-3-12(9,10)5-8-7-4(6-2)11-5/h3H2,1-2H3,(H,6,7). The van der Waals surface area contributed by atoms with E-state index in [0.717, 1.165) is 11.3 Å². The number of anilines is 1. The van der Waals surface area contributed by atoms with Crippen molar-refractivity contribution in [1.29, 1.82) is 0 Å². The lowest BCUT2D eigenvalue weighted by Gasteiger charge is -1.90. The van der Waals surface area contributed by atoms with Gasteiger partial charge in [0.05, 0.1) is 5.75 Å². The van der Waals surface area contributed by atoms with Gasteiger partial charge in [-0.2, -0.15) is 0 Å². The number of hydrogen-bond donors (Lipinski definition) is 1. The largest absolute Gasteiger partial charge is 0.363 e. The first-order chi connectivity index (χ1) is 5.60. The summed E-state index contributed by atoms with van der Waals surface area (Å²) in [6, 6.07) is 0. The number of nitrogens with one attached hydrogen (secondary N) is 1. The SMILES string of the molecule is CCS(=O)(=O)c1nnc(NC)s1. The minimum Gasteiger partial charge on any atom is -0.363 e. The third kappa shape index (κ3) is 1.72. The lowest BCUT2D eigenvalue weighted by molar-refractivity contribution is 0.595. The molecule has 0 bridgehead atoms. The summed E-state index contributed by atoms with van der Waals surface area (Å²) in [6.45, 7) is 1.58. The van der Waals surface area contributed by atoms with Gasteiger partial charge in [0.25, 0.3) is 0 Å². The molecule has 5 nitrogen and oxygen atoms in total. The molecule has 12 heavy (non-hydrogen) atoms. The Morgan fingerprint density at radius 1 is 1.50 bits per heavy atom. The van der Waals surface area contributed by atoms with Gasteiger partial charge in [0, 0.05) is 7.05 Å². The van der Waals surface area contributed by atoms with Crippen LogP contribution in [0.4, 0.5) is 5.13 Å². The molecule has 1 aromatic rings. The summed E-state index contributed by atoms with van der Waals surface area (Å²) in [5, 5.41) is 10.4. The monoisotopic (exact) mass is 207 g/mol. The van der Waals surface area contributed by atoms with E-state index in [-0.39, 0.29) is 10.1 Å². The minimum atomic E-state index is -3.18. The Morgan fingerprint density at radius 3 is 2.58 bits per heavy atom. The summed E-state index contributed by atoms with van der Waals surface area (Å²) in [7, 11) is -1.51. The zero-order chi connectivity index (χ0) is 9.19. The Labute approximate surface area is 74.7 Å². The molecule has 0 aliphatic heterocycles. The van der Waals surface area contributed by atoms with Crippen molar-refractivity contribution in [3.05, 3.63) is 0 Å². The molecule has 0 unspecified atom stereocenters. The maximum atomic E-state index is 11.2. The quantitative estimate of drug-likeness (QED) is 0.775. The molecule has 0 saturated carbocycles. The van der Waals surface area contributed by atoms with Crippen molar-refractivity contribution in [1.82, 2.24) is 10.2 Å². The molecule has 1 N–H and O–H groups in total. The van der Waals surface area contributed by atoms with Gasteiger partial charge < -0.3 is 5.32 Å². The van der Waals surface area contributed by atoms with E-state index in [4.69, 9.17) is 0 Å².